The predicted octanol–water partition coefficient (Wildman–Crippen LogP) is 0.993. The number of ketones is 1. The molecule has 0 bridgehead atoms. The molecule has 6 atom stereocenters. The minimum absolute atomic E-state index is 0.0248. The number of piperidine rings is 1. The van der Waals surface area contributed by atoms with Crippen molar-refractivity contribution in [1.82, 2.24) is 15.5 Å². The van der Waals surface area contributed by atoms with E-state index in [1.807, 2.05) is 27.7 Å². The number of ether oxygens (including phenoxy) is 1. The van der Waals surface area contributed by atoms with Gasteiger partial charge in [0.15, 0.2) is 5.78 Å². The number of amides is 3. The van der Waals surface area contributed by atoms with Crippen molar-refractivity contribution in [3.63, 3.8) is 0 Å². The number of hydrogen-bond donors (Lipinski definition) is 3. The summed E-state index contributed by atoms with van der Waals surface area (Å²) in [5.41, 5.74) is -0.244. The van der Waals surface area contributed by atoms with Crippen molar-refractivity contribution >= 4 is 23.5 Å². The lowest BCUT2D eigenvalue weighted by Crippen LogP contribution is -2.56. The van der Waals surface area contributed by atoms with Crippen molar-refractivity contribution in [2.24, 2.45) is 29.1 Å². The lowest BCUT2D eigenvalue weighted by molar-refractivity contribution is -0.321. The Morgan fingerprint density at radius 3 is 2.49 bits per heavy atom. The molecule has 0 aromatic carbocycles. The average Bonchev–Trinajstić information content (AvgIpc) is 3.10. The first kappa shape index (κ1) is 27.4. The fourth-order valence-corrected chi connectivity index (χ4v) is 5.49. The molecule has 0 aromatic rings. The van der Waals surface area contributed by atoms with Gasteiger partial charge in [-0.05, 0) is 42.4 Å². The summed E-state index contributed by atoms with van der Waals surface area (Å²) in [6.45, 7) is 6.95. The van der Waals surface area contributed by atoms with Crippen LogP contribution in [0.3, 0.4) is 0 Å². The molecule has 3 fully saturated rings. The Hall–Kier alpha value is -2.21. The molecule has 1 saturated carbocycles. The van der Waals surface area contributed by atoms with E-state index in [1.165, 1.54) is 4.90 Å². The minimum atomic E-state index is -5.03. The molecule has 198 valence electrons. The summed E-state index contributed by atoms with van der Waals surface area (Å²) in [5, 5.41) is 15.5. The van der Waals surface area contributed by atoms with Crippen LogP contribution in [-0.2, 0) is 23.9 Å². The van der Waals surface area contributed by atoms with Gasteiger partial charge < -0.3 is 20.6 Å². The zero-order valence-corrected chi connectivity index (χ0v) is 20.4. The largest absolute Gasteiger partial charge is 0.522 e. The Morgan fingerprint density at radius 1 is 1.29 bits per heavy atom. The summed E-state index contributed by atoms with van der Waals surface area (Å²) in [6, 6.07) is -2.36. The highest BCUT2D eigenvalue weighted by molar-refractivity contribution is 5.95. The van der Waals surface area contributed by atoms with Crippen LogP contribution in [-0.4, -0.2) is 77.8 Å². The number of aliphatic hydroxyl groups is 1. The van der Waals surface area contributed by atoms with E-state index in [0.717, 1.165) is 0 Å². The number of aliphatic hydroxyl groups excluding tert-OH is 1. The molecular formula is C23H34F3N3O6. The summed E-state index contributed by atoms with van der Waals surface area (Å²) < 4.78 is 41.2. The zero-order chi connectivity index (χ0) is 26.3. The first-order valence-corrected chi connectivity index (χ1v) is 11.9. The molecule has 3 N–H and O–H groups in total. The summed E-state index contributed by atoms with van der Waals surface area (Å²) in [5.74, 6) is -3.41. The zero-order valence-electron chi connectivity index (χ0n) is 20.4. The number of carbonyl (C=O) groups excluding carboxylic acids is 4. The Morgan fingerprint density at radius 2 is 1.94 bits per heavy atom. The topological polar surface area (TPSA) is 125 Å². The van der Waals surface area contributed by atoms with E-state index in [2.05, 4.69) is 15.4 Å². The van der Waals surface area contributed by atoms with E-state index < -0.39 is 54.7 Å². The summed E-state index contributed by atoms with van der Waals surface area (Å²) in [7, 11) is 0. The van der Waals surface area contributed by atoms with Gasteiger partial charge in [0.2, 0.25) is 11.8 Å². The van der Waals surface area contributed by atoms with Crippen LogP contribution in [0.15, 0.2) is 0 Å². The summed E-state index contributed by atoms with van der Waals surface area (Å²) in [6.07, 6.45) is -5.89. The summed E-state index contributed by atoms with van der Waals surface area (Å²) >= 11 is 0. The number of nitrogens with zero attached hydrogens (tertiary/aromatic N) is 1. The van der Waals surface area contributed by atoms with Crippen molar-refractivity contribution in [2.45, 2.75) is 71.5 Å². The maximum atomic E-state index is 13.4. The fourth-order valence-electron chi connectivity index (χ4n) is 5.49. The molecular weight excluding hydrogens is 471 g/mol. The average molecular weight is 506 g/mol. The second-order valence-corrected chi connectivity index (χ2v) is 10.8. The molecule has 2 heterocycles. The highest BCUT2D eigenvalue weighted by Gasteiger charge is 2.69. The molecule has 0 radical (unpaired) electrons. The van der Waals surface area contributed by atoms with Crippen LogP contribution < -0.4 is 10.6 Å². The molecule has 9 nitrogen and oxygen atoms in total. The number of likely N-dealkylation sites (tertiary alicyclic amines) is 1. The van der Waals surface area contributed by atoms with Gasteiger partial charge in [0, 0.05) is 19.0 Å². The van der Waals surface area contributed by atoms with E-state index in [-0.39, 0.29) is 48.5 Å². The van der Waals surface area contributed by atoms with Crippen LogP contribution in [0.5, 0.6) is 0 Å². The third kappa shape index (κ3) is 6.14. The van der Waals surface area contributed by atoms with Crippen LogP contribution in [0, 0.1) is 29.1 Å². The van der Waals surface area contributed by atoms with Gasteiger partial charge >= 0.3 is 6.36 Å². The van der Waals surface area contributed by atoms with E-state index in [1.54, 1.807) is 0 Å². The van der Waals surface area contributed by atoms with Gasteiger partial charge in [-0.25, -0.2) is 0 Å². The van der Waals surface area contributed by atoms with Gasteiger partial charge in [-0.3, -0.25) is 23.9 Å². The standard InChI is InChI=1S/C23H34F3N3O6/c1-11(2)7-15(30)21(34)29-9-13-17(22(13,3)4)18(29)20(33)28-14(8-12-5-6-27-19(12)32)16(31)10-35-23(24,25)26/h11-15,17-18,30H,5-10H2,1-4H3,(H,27,32)(H,28,33)/t12-,13-,14?,15?,17-,18-/m0/s1. The molecule has 1 aliphatic carbocycles. The normalized spacial score (nSPS) is 28.9. The van der Waals surface area contributed by atoms with E-state index >= 15 is 0 Å². The number of halogens is 3. The Balaban J connectivity index is 1.77. The monoisotopic (exact) mass is 505 g/mol. The number of nitrogens with one attached hydrogen (secondary N) is 2. The third-order valence-electron chi connectivity index (χ3n) is 7.51. The first-order valence-electron chi connectivity index (χ1n) is 11.9. The number of carbonyl (C=O) groups is 4. The smallest absolute Gasteiger partial charge is 0.383 e. The molecule has 0 aromatic heterocycles. The van der Waals surface area contributed by atoms with Gasteiger partial charge in [-0.2, -0.15) is 0 Å². The van der Waals surface area contributed by atoms with Crippen molar-refractivity contribution in [2.75, 3.05) is 19.7 Å². The molecule has 2 saturated heterocycles. The highest BCUT2D eigenvalue weighted by Crippen LogP contribution is 2.64. The molecule has 35 heavy (non-hydrogen) atoms. The van der Waals surface area contributed by atoms with Crippen LogP contribution in [0.4, 0.5) is 13.2 Å². The Labute approximate surface area is 202 Å². The van der Waals surface area contributed by atoms with Gasteiger partial charge in [-0.1, -0.05) is 27.7 Å². The molecule has 2 unspecified atom stereocenters. The molecule has 3 aliphatic rings. The van der Waals surface area contributed by atoms with Crippen molar-refractivity contribution in [3.8, 4) is 0 Å². The molecule has 12 heteroatoms. The van der Waals surface area contributed by atoms with Crippen molar-refractivity contribution < 1.29 is 42.2 Å². The third-order valence-corrected chi connectivity index (χ3v) is 7.51. The minimum Gasteiger partial charge on any atom is -0.383 e. The lowest BCUT2D eigenvalue weighted by atomic mass is 9.94. The highest BCUT2D eigenvalue weighted by atomic mass is 19.4. The number of fused-ring (bicyclic) bond motifs is 1. The van der Waals surface area contributed by atoms with E-state index in [4.69, 9.17) is 0 Å². The second-order valence-electron chi connectivity index (χ2n) is 10.8. The summed E-state index contributed by atoms with van der Waals surface area (Å²) in [4.78, 5) is 52.3. The molecule has 2 aliphatic heterocycles. The number of Topliss-reactive ketones (excluding diaryl/α,β-unsaturated/α-hetero) is 1. The Bertz CT molecular complexity index is 862. The fraction of sp³-hybridized carbons (Fsp3) is 0.826. The van der Waals surface area contributed by atoms with Crippen LogP contribution >= 0.6 is 0 Å². The van der Waals surface area contributed by atoms with Crippen molar-refractivity contribution in [1.29, 1.82) is 0 Å². The lowest BCUT2D eigenvalue weighted by Gasteiger charge is -2.33. The van der Waals surface area contributed by atoms with Crippen LogP contribution in [0.1, 0.15) is 47.0 Å². The quantitative estimate of drug-likeness (QED) is 0.407. The number of rotatable bonds is 10. The first-order chi connectivity index (χ1) is 16.1. The van der Waals surface area contributed by atoms with Crippen LogP contribution in [0.25, 0.3) is 0 Å². The SMILES string of the molecule is CC(C)CC(O)C(=O)N1C[C@H]2[C@@H]([C@H]1C(=O)NC(C[C@@H]1CCNC1=O)C(=O)COC(F)(F)F)C2(C)C. The van der Waals surface area contributed by atoms with Gasteiger partial charge in [0.1, 0.15) is 18.8 Å². The van der Waals surface area contributed by atoms with Crippen molar-refractivity contribution in [3.05, 3.63) is 0 Å². The maximum Gasteiger partial charge on any atom is 0.522 e. The second kappa shape index (κ2) is 10.0. The predicted molar refractivity (Wildman–Crippen MR) is 116 cm³/mol. The molecule has 3 rings (SSSR count). The molecule has 3 amide bonds. The number of alkyl halides is 3. The van der Waals surface area contributed by atoms with Crippen LogP contribution in [0.2, 0.25) is 0 Å². The van der Waals surface area contributed by atoms with E-state index in [0.29, 0.717) is 13.0 Å². The van der Waals surface area contributed by atoms with Gasteiger partial charge in [-0.15, -0.1) is 13.2 Å². The van der Waals surface area contributed by atoms with Gasteiger partial charge in [0.25, 0.3) is 5.91 Å². The Kier molecular flexibility index (Phi) is 7.85. The van der Waals surface area contributed by atoms with Gasteiger partial charge in [0.05, 0.1) is 6.04 Å². The number of hydrogen-bond acceptors (Lipinski definition) is 6. The maximum absolute atomic E-state index is 13.4. The van der Waals surface area contributed by atoms with E-state index in [9.17, 15) is 37.5 Å². The molecule has 0 spiro atoms.